The van der Waals surface area contributed by atoms with Gasteiger partial charge in [-0.05, 0) is 17.7 Å². The maximum Gasteiger partial charge on any atom is 0.323 e. The van der Waals surface area contributed by atoms with Crippen molar-refractivity contribution in [2.45, 2.75) is 18.5 Å². The lowest BCUT2D eigenvalue weighted by Gasteiger charge is -2.22. The normalized spacial score (nSPS) is 18.9. The van der Waals surface area contributed by atoms with Crippen LogP contribution in [0.2, 0.25) is 5.02 Å². The number of esters is 1. The summed E-state index contributed by atoms with van der Waals surface area (Å²) in [6, 6.07) is 4.19. The second kappa shape index (κ2) is 8.83. The number of halogens is 1. The number of amides is 1. The summed E-state index contributed by atoms with van der Waals surface area (Å²) in [5, 5.41) is 12.6. The molecule has 0 radical (unpaired) electrons. The summed E-state index contributed by atoms with van der Waals surface area (Å²) in [5.41, 5.74) is 1.79. The fourth-order valence-corrected chi connectivity index (χ4v) is 3.89. The van der Waals surface area contributed by atoms with E-state index in [4.69, 9.17) is 21.1 Å². The first-order chi connectivity index (χ1) is 15.4. The number of anilines is 1. The number of hydrogen-bond acceptors (Lipinski definition) is 8. The number of hydrogen-bond donors (Lipinski definition) is 2. The Morgan fingerprint density at radius 1 is 1.41 bits per heavy atom. The van der Waals surface area contributed by atoms with Gasteiger partial charge in [-0.3, -0.25) is 14.4 Å². The average Bonchev–Trinajstić information content (AvgIpc) is 3.37. The number of carboxylic acid groups (broad SMARTS) is 1. The van der Waals surface area contributed by atoms with Crippen molar-refractivity contribution in [3.05, 3.63) is 52.9 Å². The Morgan fingerprint density at radius 2 is 2.22 bits per heavy atom. The largest absolute Gasteiger partial charge is 0.499 e. The van der Waals surface area contributed by atoms with E-state index in [1.807, 2.05) is 6.08 Å². The van der Waals surface area contributed by atoms with Gasteiger partial charge in [0, 0.05) is 11.1 Å². The summed E-state index contributed by atoms with van der Waals surface area (Å²) in [6.07, 6.45) is 4.73. The van der Waals surface area contributed by atoms with Crippen LogP contribution in [-0.4, -0.2) is 64.1 Å². The average molecular weight is 459 g/mol. The molecule has 2 atom stereocenters. The number of carboxylic acids is 1. The number of fused-ring (bicyclic) bond motifs is 1. The number of aromatic nitrogens is 2. The number of benzene rings is 1. The van der Waals surface area contributed by atoms with Crippen LogP contribution in [0.3, 0.4) is 0 Å². The standard InChI is InChI=1S/C21H19ClN4O6/c1-31-18(29)7-16-13-3-2-11(6-14(13)20(30)26(16)9-17(27)28)19-15(22)8-23-21(25-19)24-12-4-5-32-10-12/h2-6,8,12,16H,7,9-10H2,1H3,(H,27,28)(H,23,24,25). The van der Waals surface area contributed by atoms with Gasteiger partial charge in [0.05, 0.1) is 48.8 Å². The van der Waals surface area contributed by atoms with Crippen LogP contribution >= 0.6 is 11.6 Å². The highest BCUT2D eigenvalue weighted by Crippen LogP contribution is 2.39. The Kier molecular flexibility index (Phi) is 5.95. The molecule has 0 bridgehead atoms. The highest BCUT2D eigenvalue weighted by molar-refractivity contribution is 6.33. The SMILES string of the molecule is COC(=O)CC1c2ccc(-c3nc(NC4C=COC4)ncc3Cl)cc2C(=O)N1CC(=O)O. The first kappa shape index (κ1) is 21.6. The molecular weight excluding hydrogens is 440 g/mol. The smallest absolute Gasteiger partial charge is 0.323 e. The highest BCUT2D eigenvalue weighted by Gasteiger charge is 2.39. The van der Waals surface area contributed by atoms with Gasteiger partial charge in [0.25, 0.3) is 5.91 Å². The number of aliphatic carboxylic acids is 1. The van der Waals surface area contributed by atoms with Crippen molar-refractivity contribution in [3.63, 3.8) is 0 Å². The van der Waals surface area contributed by atoms with Gasteiger partial charge in [-0.25, -0.2) is 9.97 Å². The van der Waals surface area contributed by atoms with Crippen molar-refractivity contribution < 1.29 is 29.0 Å². The fraction of sp³-hybridized carbons (Fsp3) is 0.286. The van der Waals surface area contributed by atoms with Crippen molar-refractivity contribution in [2.24, 2.45) is 0 Å². The van der Waals surface area contributed by atoms with Gasteiger partial charge in [-0.2, -0.15) is 0 Å². The molecule has 0 aliphatic carbocycles. The summed E-state index contributed by atoms with van der Waals surface area (Å²) in [4.78, 5) is 45.9. The Bertz CT molecular complexity index is 1120. The van der Waals surface area contributed by atoms with Gasteiger partial charge in [-0.15, -0.1) is 0 Å². The van der Waals surface area contributed by atoms with E-state index in [1.165, 1.54) is 13.3 Å². The quantitative estimate of drug-likeness (QED) is 0.599. The van der Waals surface area contributed by atoms with E-state index in [0.29, 0.717) is 29.4 Å². The minimum atomic E-state index is -1.18. The van der Waals surface area contributed by atoms with Crippen LogP contribution in [-0.2, 0) is 19.1 Å². The van der Waals surface area contributed by atoms with Gasteiger partial charge in [-0.1, -0.05) is 23.7 Å². The zero-order valence-electron chi connectivity index (χ0n) is 16.9. The minimum Gasteiger partial charge on any atom is -0.499 e. The van der Waals surface area contributed by atoms with Crippen LogP contribution in [0.15, 0.2) is 36.7 Å². The summed E-state index contributed by atoms with van der Waals surface area (Å²) in [5.74, 6) is -1.88. The molecule has 2 aromatic rings. The number of rotatable bonds is 7. The van der Waals surface area contributed by atoms with E-state index >= 15 is 0 Å². The molecule has 2 unspecified atom stereocenters. The number of carbonyl (C=O) groups is 3. The first-order valence-electron chi connectivity index (χ1n) is 9.68. The molecule has 4 rings (SSSR count). The molecule has 2 N–H and O–H groups in total. The molecule has 3 heterocycles. The predicted molar refractivity (Wildman–Crippen MR) is 113 cm³/mol. The van der Waals surface area contributed by atoms with Crippen molar-refractivity contribution >= 4 is 35.4 Å². The Morgan fingerprint density at radius 3 is 2.91 bits per heavy atom. The lowest BCUT2D eigenvalue weighted by Crippen LogP contribution is -2.34. The molecule has 0 spiro atoms. The number of ether oxygens (including phenoxy) is 2. The van der Waals surface area contributed by atoms with Gasteiger partial charge in [0.1, 0.15) is 13.2 Å². The van der Waals surface area contributed by atoms with Crippen LogP contribution in [0.4, 0.5) is 5.95 Å². The Hall–Kier alpha value is -3.66. The molecule has 0 fully saturated rings. The zero-order valence-corrected chi connectivity index (χ0v) is 17.7. The maximum absolute atomic E-state index is 13.0. The molecule has 0 saturated carbocycles. The summed E-state index contributed by atoms with van der Waals surface area (Å²) in [7, 11) is 1.24. The number of carbonyl (C=O) groups excluding carboxylic acids is 2. The molecule has 32 heavy (non-hydrogen) atoms. The molecule has 10 nitrogen and oxygen atoms in total. The van der Waals surface area contributed by atoms with Crippen molar-refractivity contribution in [2.75, 3.05) is 25.6 Å². The summed E-state index contributed by atoms with van der Waals surface area (Å²) in [6.45, 7) is -0.0839. The lowest BCUT2D eigenvalue weighted by atomic mass is 9.98. The van der Waals surface area contributed by atoms with E-state index in [2.05, 4.69) is 15.3 Å². The van der Waals surface area contributed by atoms with Crippen LogP contribution < -0.4 is 5.32 Å². The number of nitrogens with one attached hydrogen (secondary N) is 1. The van der Waals surface area contributed by atoms with Crippen LogP contribution in [0.1, 0.15) is 28.4 Å². The van der Waals surface area contributed by atoms with E-state index < -0.39 is 30.4 Å². The van der Waals surface area contributed by atoms with Crippen LogP contribution in [0.25, 0.3) is 11.3 Å². The van der Waals surface area contributed by atoms with E-state index in [-0.39, 0.29) is 23.0 Å². The molecular formula is C21H19ClN4O6. The molecule has 2 aliphatic rings. The lowest BCUT2D eigenvalue weighted by molar-refractivity contribution is -0.143. The fourth-order valence-electron chi connectivity index (χ4n) is 3.69. The number of nitrogens with zero attached hydrogens (tertiary/aromatic N) is 3. The molecule has 1 aromatic heterocycles. The number of methoxy groups -OCH3 is 1. The summed E-state index contributed by atoms with van der Waals surface area (Å²) >= 11 is 6.32. The third kappa shape index (κ3) is 4.22. The third-order valence-corrected chi connectivity index (χ3v) is 5.46. The Labute approximate surface area is 187 Å². The minimum absolute atomic E-state index is 0.0747. The predicted octanol–water partition coefficient (Wildman–Crippen LogP) is 2.27. The maximum atomic E-state index is 13.0. The Balaban J connectivity index is 1.69. The van der Waals surface area contributed by atoms with Gasteiger partial charge < -0.3 is 24.8 Å². The van der Waals surface area contributed by atoms with Crippen molar-refractivity contribution in [1.82, 2.24) is 14.9 Å². The monoisotopic (exact) mass is 458 g/mol. The van der Waals surface area contributed by atoms with E-state index in [9.17, 15) is 19.5 Å². The first-order valence-corrected chi connectivity index (χ1v) is 10.1. The molecule has 166 valence electrons. The zero-order chi connectivity index (χ0) is 22.8. The van der Waals surface area contributed by atoms with Crippen molar-refractivity contribution in [1.29, 1.82) is 0 Å². The van der Waals surface area contributed by atoms with E-state index in [1.54, 1.807) is 24.5 Å². The van der Waals surface area contributed by atoms with Gasteiger partial charge in [0.2, 0.25) is 5.95 Å². The van der Waals surface area contributed by atoms with Crippen molar-refractivity contribution in [3.8, 4) is 11.3 Å². The third-order valence-electron chi connectivity index (χ3n) is 5.19. The topological polar surface area (TPSA) is 131 Å². The van der Waals surface area contributed by atoms with Gasteiger partial charge >= 0.3 is 11.9 Å². The highest BCUT2D eigenvalue weighted by atomic mass is 35.5. The molecule has 2 aliphatic heterocycles. The van der Waals surface area contributed by atoms with Crippen LogP contribution in [0.5, 0.6) is 0 Å². The van der Waals surface area contributed by atoms with E-state index in [0.717, 1.165) is 4.90 Å². The molecule has 1 aromatic carbocycles. The van der Waals surface area contributed by atoms with Crippen LogP contribution in [0, 0.1) is 0 Å². The second-order valence-electron chi connectivity index (χ2n) is 7.23. The molecule has 0 saturated heterocycles. The second-order valence-corrected chi connectivity index (χ2v) is 7.63. The van der Waals surface area contributed by atoms with Gasteiger partial charge in [0.15, 0.2) is 0 Å². The summed E-state index contributed by atoms with van der Waals surface area (Å²) < 4.78 is 9.88. The molecule has 1 amide bonds. The molecule has 11 heteroatoms.